The molecule has 6 heteroatoms. The van der Waals surface area contributed by atoms with Gasteiger partial charge in [0.2, 0.25) is 0 Å². The standard InChI is InChI=1S/C19H20BrNO4/c1-4-24-17-9-14(10-22)5-6-16(17)25-11-18(23)21-19-12(2)7-15(20)8-13(19)3/h5-10H,4,11H2,1-3H3,(H,21,23). The SMILES string of the molecule is CCOc1cc(C=O)ccc1OCC(=O)Nc1c(C)cc(Br)cc1C. The van der Waals surface area contributed by atoms with Gasteiger partial charge in [0.1, 0.15) is 6.29 Å². The molecule has 5 nitrogen and oxygen atoms in total. The summed E-state index contributed by atoms with van der Waals surface area (Å²) in [5.74, 6) is 0.596. The van der Waals surface area contributed by atoms with Crippen molar-refractivity contribution in [1.82, 2.24) is 0 Å². The molecule has 0 bridgehead atoms. The van der Waals surface area contributed by atoms with Gasteiger partial charge < -0.3 is 14.8 Å². The van der Waals surface area contributed by atoms with Gasteiger partial charge in [-0.25, -0.2) is 0 Å². The minimum atomic E-state index is -0.268. The van der Waals surface area contributed by atoms with Gasteiger partial charge in [-0.05, 0) is 62.2 Å². The quantitative estimate of drug-likeness (QED) is 0.697. The zero-order valence-electron chi connectivity index (χ0n) is 14.4. The van der Waals surface area contributed by atoms with E-state index in [4.69, 9.17) is 9.47 Å². The number of aldehydes is 1. The van der Waals surface area contributed by atoms with Gasteiger partial charge >= 0.3 is 0 Å². The molecular formula is C19H20BrNO4. The molecule has 0 heterocycles. The Morgan fingerprint density at radius 1 is 1.12 bits per heavy atom. The van der Waals surface area contributed by atoms with E-state index in [9.17, 15) is 9.59 Å². The van der Waals surface area contributed by atoms with Gasteiger partial charge in [-0.1, -0.05) is 15.9 Å². The number of anilines is 1. The maximum absolute atomic E-state index is 12.2. The molecular weight excluding hydrogens is 386 g/mol. The highest BCUT2D eigenvalue weighted by Gasteiger charge is 2.12. The topological polar surface area (TPSA) is 64.6 Å². The Labute approximate surface area is 155 Å². The highest BCUT2D eigenvalue weighted by molar-refractivity contribution is 9.10. The van der Waals surface area contributed by atoms with Crippen molar-refractivity contribution in [1.29, 1.82) is 0 Å². The molecule has 0 atom stereocenters. The van der Waals surface area contributed by atoms with Gasteiger partial charge in [0.15, 0.2) is 18.1 Å². The largest absolute Gasteiger partial charge is 0.490 e. The third-order valence-electron chi connectivity index (χ3n) is 3.52. The molecule has 2 rings (SSSR count). The van der Waals surface area contributed by atoms with Crippen LogP contribution in [0.5, 0.6) is 11.5 Å². The molecule has 0 unspecified atom stereocenters. The predicted molar refractivity (Wildman–Crippen MR) is 101 cm³/mol. The molecule has 0 aliphatic carbocycles. The second-order valence-corrected chi connectivity index (χ2v) is 6.42. The molecule has 25 heavy (non-hydrogen) atoms. The van der Waals surface area contributed by atoms with Crippen molar-refractivity contribution in [2.75, 3.05) is 18.5 Å². The predicted octanol–water partition coefficient (Wildman–Crippen LogP) is 4.29. The van der Waals surface area contributed by atoms with E-state index in [1.54, 1.807) is 18.2 Å². The maximum atomic E-state index is 12.2. The van der Waals surface area contributed by atoms with Crippen LogP contribution in [0.3, 0.4) is 0 Å². The summed E-state index contributed by atoms with van der Waals surface area (Å²) in [4.78, 5) is 23.1. The molecule has 0 spiro atoms. The highest BCUT2D eigenvalue weighted by Crippen LogP contribution is 2.28. The van der Waals surface area contributed by atoms with Gasteiger partial charge in [-0.15, -0.1) is 0 Å². The lowest BCUT2D eigenvalue weighted by molar-refractivity contribution is -0.118. The molecule has 0 aromatic heterocycles. The lowest BCUT2D eigenvalue weighted by Gasteiger charge is -2.14. The average molecular weight is 406 g/mol. The number of carbonyl (C=O) groups is 2. The van der Waals surface area contributed by atoms with Crippen molar-refractivity contribution in [3.05, 3.63) is 51.5 Å². The van der Waals surface area contributed by atoms with Crippen molar-refractivity contribution in [2.24, 2.45) is 0 Å². The first-order valence-electron chi connectivity index (χ1n) is 7.86. The van der Waals surface area contributed by atoms with Gasteiger partial charge in [-0.3, -0.25) is 9.59 Å². The number of hydrogen-bond acceptors (Lipinski definition) is 4. The fraction of sp³-hybridized carbons (Fsp3) is 0.263. The van der Waals surface area contributed by atoms with Crippen molar-refractivity contribution >= 4 is 33.8 Å². The number of rotatable bonds is 7. The number of carbonyl (C=O) groups excluding carboxylic acids is 2. The van der Waals surface area contributed by atoms with E-state index in [0.29, 0.717) is 23.7 Å². The van der Waals surface area contributed by atoms with Crippen molar-refractivity contribution in [2.45, 2.75) is 20.8 Å². The first-order valence-corrected chi connectivity index (χ1v) is 8.65. The van der Waals surface area contributed by atoms with E-state index in [0.717, 1.165) is 27.6 Å². The van der Waals surface area contributed by atoms with Crippen LogP contribution in [0.15, 0.2) is 34.8 Å². The van der Waals surface area contributed by atoms with E-state index < -0.39 is 0 Å². The fourth-order valence-corrected chi connectivity index (χ4v) is 3.10. The Bertz CT molecular complexity index is 766. The van der Waals surface area contributed by atoms with Crippen LogP contribution in [0.4, 0.5) is 5.69 Å². The van der Waals surface area contributed by atoms with E-state index in [-0.39, 0.29) is 12.5 Å². The first-order chi connectivity index (χ1) is 11.9. The number of hydrogen-bond donors (Lipinski definition) is 1. The maximum Gasteiger partial charge on any atom is 0.262 e. The Kier molecular flexibility index (Phi) is 6.58. The summed E-state index contributed by atoms with van der Waals surface area (Å²) in [5.41, 5.74) is 3.19. The summed E-state index contributed by atoms with van der Waals surface area (Å²) in [6, 6.07) is 8.71. The molecule has 1 amide bonds. The van der Waals surface area contributed by atoms with E-state index in [1.807, 2.05) is 32.9 Å². The number of ether oxygens (including phenoxy) is 2. The average Bonchev–Trinajstić information content (AvgIpc) is 2.57. The van der Waals surface area contributed by atoms with Gasteiger partial charge in [0, 0.05) is 15.7 Å². The normalized spacial score (nSPS) is 10.2. The third kappa shape index (κ3) is 5.06. The van der Waals surface area contributed by atoms with Crippen LogP contribution in [0.25, 0.3) is 0 Å². The number of aryl methyl sites for hydroxylation is 2. The Hall–Kier alpha value is -2.34. The Morgan fingerprint density at radius 3 is 2.40 bits per heavy atom. The number of benzene rings is 2. The molecule has 0 saturated carbocycles. The molecule has 0 fully saturated rings. The lowest BCUT2D eigenvalue weighted by Crippen LogP contribution is -2.21. The summed E-state index contributed by atoms with van der Waals surface area (Å²) in [7, 11) is 0. The van der Waals surface area contributed by atoms with Crippen LogP contribution in [0, 0.1) is 13.8 Å². The van der Waals surface area contributed by atoms with Crippen molar-refractivity contribution in [3.63, 3.8) is 0 Å². The second kappa shape index (κ2) is 8.67. The molecule has 132 valence electrons. The minimum absolute atomic E-state index is 0.157. The second-order valence-electron chi connectivity index (χ2n) is 5.51. The van der Waals surface area contributed by atoms with Crippen LogP contribution in [0.1, 0.15) is 28.4 Å². The van der Waals surface area contributed by atoms with Crippen LogP contribution in [-0.4, -0.2) is 25.4 Å². The summed E-state index contributed by atoms with van der Waals surface area (Å²) >= 11 is 3.43. The van der Waals surface area contributed by atoms with Crippen molar-refractivity contribution in [3.8, 4) is 11.5 Å². The first kappa shape index (κ1) is 19.0. The van der Waals surface area contributed by atoms with Crippen LogP contribution < -0.4 is 14.8 Å². The van der Waals surface area contributed by atoms with Crippen LogP contribution >= 0.6 is 15.9 Å². The Morgan fingerprint density at radius 2 is 1.80 bits per heavy atom. The summed E-state index contributed by atoms with van der Waals surface area (Å²) in [6.07, 6.45) is 0.734. The number of amides is 1. The van der Waals surface area contributed by atoms with Crippen molar-refractivity contribution < 1.29 is 19.1 Å². The number of halogens is 1. The van der Waals surface area contributed by atoms with E-state index in [2.05, 4.69) is 21.2 Å². The Balaban J connectivity index is 2.06. The molecule has 0 radical (unpaired) electrons. The number of nitrogens with one attached hydrogen (secondary N) is 1. The van der Waals surface area contributed by atoms with E-state index in [1.165, 1.54) is 0 Å². The smallest absolute Gasteiger partial charge is 0.262 e. The molecule has 0 saturated heterocycles. The monoisotopic (exact) mass is 405 g/mol. The molecule has 0 aliphatic rings. The lowest BCUT2D eigenvalue weighted by atomic mass is 10.1. The van der Waals surface area contributed by atoms with Crippen LogP contribution in [-0.2, 0) is 4.79 Å². The summed E-state index contributed by atoms with van der Waals surface area (Å²) < 4.78 is 12.0. The highest BCUT2D eigenvalue weighted by atomic mass is 79.9. The van der Waals surface area contributed by atoms with Crippen LogP contribution in [0.2, 0.25) is 0 Å². The fourth-order valence-electron chi connectivity index (χ4n) is 2.41. The van der Waals surface area contributed by atoms with E-state index >= 15 is 0 Å². The summed E-state index contributed by atoms with van der Waals surface area (Å²) in [6.45, 7) is 5.97. The van der Waals surface area contributed by atoms with Gasteiger partial charge in [0.05, 0.1) is 6.61 Å². The summed E-state index contributed by atoms with van der Waals surface area (Å²) in [5, 5.41) is 2.87. The third-order valence-corrected chi connectivity index (χ3v) is 3.98. The van der Waals surface area contributed by atoms with Gasteiger partial charge in [-0.2, -0.15) is 0 Å². The molecule has 0 aliphatic heterocycles. The zero-order valence-corrected chi connectivity index (χ0v) is 16.0. The zero-order chi connectivity index (χ0) is 18.4. The molecule has 1 N–H and O–H groups in total. The molecule has 2 aromatic rings. The minimum Gasteiger partial charge on any atom is -0.490 e. The van der Waals surface area contributed by atoms with Gasteiger partial charge in [0.25, 0.3) is 5.91 Å². The molecule has 2 aromatic carbocycles.